The Bertz CT molecular complexity index is 986. The number of carbonyl (C=O) groups is 2. The zero-order chi connectivity index (χ0) is 23.6. The van der Waals surface area contributed by atoms with Crippen LogP contribution in [0.1, 0.15) is 50.7 Å². The minimum Gasteiger partial charge on any atom is -0.466 e. The fraction of sp³-hybridized carbons (Fsp3) is 0.625. The number of carbonyl (C=O) groups excluding carboxylic acids is 2. The molecule has 0 radical (unpaired) electrons. The van der Waals surface area contributed by atoms with Gasteiger partial charge >= 0.3 is 5.97 Å². The fourth-order valence-corrected chi connectivity index (χ4v) is 6.06. The summed E-state index contributed by atoms with van der Waals surface area (Å²) in [5, 5.41) is 14.4. The van der Waals surface area contributed by atoms with E-state index in [-0.39, 0.29) is 42.1 Å². The minimum atomic E-state index is -1.78. The van der Waals surface area contributed by atoms with Gasteiger partial charge in [-0.3, -0.25) is 10.1 Å². The van der Waals surface area contributed by atoms with Gasteiger partial charge in [0, 0.05) is 24.7 Å². The van der Waals surface area contributed by atoms with Crippen LogP contribution in [0.3, 0.4) is 0 Å². The van der Waals surface area contributed by atoms with Crippen LogP contribution in [0, 0.1) is 11.8 Å². The zero-order valence-corrected chi connectivity index (χ0v) is 19.3. The van der Waals surface area contributed by atoms with Crippen molar-refractivity contribution in [2.75, 3.05) is 31.5 Å². The first-order valence-electron chi connectivity index (χ1n) is 12.2. The molecule has 2 aromatic heterocycles. The number of hydrogen-bond donors (Lipinski definition) is 2. The molecule has 4 fully saturated rings. The average Bonchev–Trinajstić information content (AvgIpc) is 3.40. The fourth-order valence-electron chi connectivity index (χ4n) is 6.06. The average molecular weight is 471 g/mol. The van der Waals surface area contributed by atoms with Gasteiger partial charge in [-0.25, -0.2) is 19.7 Å². The van der Waals surface area contributed by atoms with Crippen molar-refractivity contribution in [3.8, 4) is 0 Å². The van der Waals surface area contributed by atoms with Crippen LogP contribution < -0.4 is 5.32 Å². The third-order valence-corrected chi connectivity index (χ3v) is 7.93. The van der Waals surface area contributed by atoms with E-state index in [1.54, 1.807) is 12.1 Å². The Hall–Kier alpha value is -2.85. The molecular weight excluding hydrogens is 438 g/mol. The summed E-state index contributed by atoms with van der Waals surface area (Å²) in [6.07, 6.45) is 10.1. The topological polar surface area (TPSA) is 127 Å². The molecule has 2 N–H and O–H groups in total. The maximum absolute atomic E-state index is 13.5. The number of nitrogens with zero attached hydrogens (tertiary/aromatic N) is 4. The molecule has 3 aliphatic heterocycles. The molecule has 4 aliphatic rings. The van der Waals surface area contributed by atoms with Crippen molar-refractivity contribution in [1.29, 1.82) is 0 Å². The maximum atomic E-state index is 13.5. The number of aliphatic hydroxyl groups is 1. The maximum Gasteiger partial charge on any atom is 0.346 e. The highest BCUT2D eigenvalue weighted by Crippen LogP contribution is 2.42. The molecule has 2 unspecified atom stereocenters. The first-order chi connectivity index (χ1) is 16.5. The van der Waals surface area contributed by atoms with Gasteiger partial charge in [-0.05, 0) is 25.0 Å². The minimum absolute atomic E-state index is 0.175. The Labute approximate surface area is 198 Å². The van der Waals surface area contributed by atoms with Gasteiger partial charge in [-0.1, -0.05) is 19.3 Å². The second kappa shape index (κ2) is 9.42. The van der Waals surface area contributed by atoms with E-state index in [4.69, 9.17) is 9.15 Å². The number of nitrogens with one attached hydrogen (secondary N) is 1. The van der Waals surface area contributed by atoms with Crippen LogP contribution in [0.4, 0.5) is 5.95 Å². The SMILES string of the molecule is O=C(C[N+]12CCC(CC1)C(OC(=O)C(O)(c1ccco1)C1CCCCC1)C2)Nc1ncncn1. The molecule has 1 amide bonds. The number of piperidine rings is 3. The highest BCUT2D eigenvalue weighted by molar-refractivity contribution is 5.89. The first kappa shape index (κ1) is 22.9. The lowest BCUT2D eigenvalue weighted by Gasteiger charge is -2.51. The van der Waals surface area contributed by atoms with Crippen molar-refractivity contribution in [3.05, 3.63) is 36.8 Å². The molecule has 2 aromatic rings. The molecule has 10 heteroatoms. The molecule has 1 saturated carbocycles. The van der Waals surface area contributed by atoms with Crippen LogP contribution in [-0.2, 0) is 19.9 Å². The van der Waals surface area contributed by atoms with Crippen molar-refractivity contribution < 1.29 is 28.3 Å². The Morgan fingerprint density at radius 2 is 1.88 bits per heavy atom. The third-order valence-electron chi connectivity index (χ3n) is 7.93. The number of hydrogen-bond acceptors (Lipinski definition) is 8. The number of aromatic nitrogens is 3. The van der Waals surface area contributed by atoms with E-state index in [0.717, 1.165) is 58.0 Å². The standard InChI is InChI=1S/C24H31N5O5/c30-21(28-23-26-15-25-16-27-23)14-29-10-8-17(9-11-29)19(13-29)34-22(31)24(32,20-7-4-12-33-20)18-5-2-1-3-6-18/h4,7,12,15-19,32H,1-3,5-6,8-11,13-14H2/p+1. The lowest BCUT2D eigenvalue weighted by atomic mass is 9.75. The Morgan fingerprint density at radius 1 is 1.15 bits per heavy atom. The molecule has 10 nitrogen and oxygen atoms in total. The van der Waals surface area contributed by atoms with Crippen molar-refractivity contribution in [2.24, 2.45) is 11.8 Å². The second-order valence-corrected chi connectivity index (χ2v) is 10.00. The van der Waals surface area contributed by atoms with E-state index in [1.807, 2.05) is 0 Å². The molecule has 3 saturated heterocycles. The lowest BCUT2D eigenvalue weighted by molar-refractivity contribution is -0.939. The van der Waals surface area contributed by atoms with E-state index in [9.17, 15) is 14.7 Å². The Balaban J connectivity index is 1.29. The summed E-state index contributed by atoms with van der Waals surface area (Å²) in [6, 6.07) is 3.35. The normalized spacial score (nSPS) is 28.7. The number of fused-ring (bicyclic) bond motifs is 3. The van der Waals surface area contributed by atoms with Crippen molar-refractivity contribution in [1.82, 2.24) is 15.0 Å². The van der Waals surface area contributed by atoms with Gasteiger partial charge in [-0.2, -0.15) is 0 Å². The van der Waals surface area contributed by atoms with Gasteiger partial charge < -0.3 is 18.7 Å². The summed E-state index contributed by atoms with van der Waals surface area (Å²) < 4.78 is 12.1. The van der Waals surface area contributed by atoms with Crippen LogP contribution in [0.5, 0.6) is 0 Å². The molecule has 34 heavy (non-hydrogen) atoms. The molecule has 6 rings (SSSR count). The van der Waals surface area contributed by atoms with Gasteiger partial charge in [0.05, 0.1) is 19.4 Å². The quantitative estimate of drug-likeness (QED) is 0.465. The van der Waals surface area contributed by atoms with E-state index in [1.165, 1.54) is 18.9 Å². The Morgan fingerprint density at radius 3 is 2.56 bits per heavy atom. The summed E-state index contributed by atoms with van der Waals surface area (Å²) >= 11 is 0. The van der Waals surface area contributed by atoms with Crippen LogP contribution in [0.2, 0.25) is 0 Å². The van der Waals surface area contributed by atoms with Crippen LogP contribution in [0.25, 0.3) is 0 Å². The van der Waals surface area contributed by atoms with Gasteiger partial charge in [-0.15, -0.1) is 0 Å². The molecule has 2 bridgehead atoms. The summed E-state index contributed by atoms with van der Waals surface area (Å²) in [5.41, 5.74) is -1.78. The predicted octanol–water partition coefficient (Wildman–Crippen LogP) is 2.02. The number of anilines is 1. The van der Waals surface area contributed by atoms with Gasteiger partial charge in [0.1, 0.15) is 25.0 Å². The van der Waals surface area contributed by atoms with Crippen molar-refractivity contribution in [3.63, 3.8) is 0 Å². The molecule has 1 aliphatic carbocycles. The van der Waals surface area contributed by atoms with Crippen LogP contribution in [0.15, 0.2) is 35.5 Å². The Kier molecular flexibility index (Phi) is 6.35. The molecule has 0 spiro atoms. The number of rotatable bonds is 7. The first-order valence-corrected chi connectivity index (χ1v) is 12.2. The molecule has 0 aromatic carbocycles. The number of amides is 1. The number of furan rings is 1. The van der Waals surface area contributed by atoms with Gasteiger partial charge in [0.25, 0.3) is 5.91 Å². The molecule has 2 atom stereocenters. The largest absolute Gasteiger partial charge is 0.466 e. The second-order valence-electron chi connectivity index (χ2n) is 10.00. The highest BCUT2D eigenvalue weighted by atomic mass is 16.6. The zero-order valence-electron chi connectivity index (χ0n) is 19.3. The monoisotopic (exact) mass is 470 g/mol. The molecule has 5 heterocycles. The van der Waals surface area contributed by atoms with Crippen molar-refractivity contribution in [2.45, 2.75) is 56.7 Å². The summed E-state index contributed by atoms with van der Waals surface area (Å²) in [6.45, 7) is 2.53. The van der Waals surface area contributed by atoms with Crippen molar-refractivity contribution >= 4 is 17.8 Å². The van der Waals surface area contributed by atoms with Crippen LogP contribution >= 0.6 is 0 Å². The number of esters is 1. The lowest BCUT2D eigenvalue weighted by Crippen LogP contribution is -2.66. The van der Waals surface area contributed by atoms with E-state index >= 15 is 0 Å². The summed E-state index contributed by atoms with van der Waals surface area (Å²) in [4.78, 5) is 37.9. The number of quaternary nitrogens is 1. The van der Waals surface area contributed by atoms with Gasteiger partial charge in [0.15, 0.2) is 12.6 Å². The van der Waals surface area contributed by atoms with E-state index in [0.29, 0.717) is 11.0 Å². The smallest absolute Gasteiger partial charge is 0.346 e. The number of ether oxygens (including phenoxy) is 1. The predicted molar refractivity (Wildman–Crippen MR) is 120 cm³/mol. The molecular formula is C24H32N5O5+. The summed E-state index contributed by atoms with van der Waals surface area (Å²) in [5.74, 6) is -0.305. The van der Waals surface area contributed by atoms with Crippen LogP contribution in [-0.4, -0.2) is 68.7 Å². The molecule has 182 valence electrons. The van der Waals surface area contributed by atoms with E-state index in [2.05, 4.69) is 20.3 Å². The summed E-state index contributed by atoms with van der Waals surface area (Å²) in [7, 11) is 0. The van der Waals surface area contributed by atoms with Gasteiger partial charge in [0.2, 0.25) is 11.5 Å². The van der Waals surface area contributed by atoms with E-state index < -0.39 is 11.6 Å². The highest BCUT2D eigenvalue weighted by Gasteiger charge is 2.54. The third kappa shape index (κ3) is 4.44.